The quantitative estimate of drug-likeness (QED) is 0.557. The number of hydrogen-bond acceptors (Lipinski definition) is 0. The van der Waals surface area contributed by atoms with Crippen LogP contribution in [-0.4, -0.2) is 0 Å². The van der Waals surface area contributed by atoms with Crippen molar-refractivity contribution in [2.75, 3.05) is 0 Å². The Bertz CT molecular complexity index is 187. The summed E-state index contributed by atoms with van der Waals surface area (Å²) in [7, 11) is 0. The molecule has 0 amide bonds. The molecule has 0 aromatic carbocycles. The molecule has 0 aromatic heterocycles. The second kappa shape index (κ2) is 6.97. The van der Waals surface area contributed by atoms with Crippen LogP contribution in [0.2, 0.25) is 0 Å². The monoisotopic (exact) mass is 216 g/mol. The van der Waals surface area contributed by atoms with Crippen LogP contribution in [-0.2, 0) is 0 Å². The predicted molar refractivity (Wildman–Crippen MR) is 59.9 cm³/mol. The normalized spacial score (nSPS) is 26.3. The minimum atomic E-state index is -1.50. The third-order valence-corrected chi connectivity index (χ3v) is 3.47. The zero-order valence-corrected chi connectivity index (χ0v) is 9.64. The first-order valence-electron chi connectivity index (χ1n) is 6.25. The molecule has 0 heterocycles. The molecular weight excluding hydrogens is 194 g/mol. The summed E-state index contributed by atoms with van der Waals surface area (Å²) in [5.74, 6) is 0.960. The van der Waals surface area contributed by atoms with Crippen molar-refractivity contribution in [3.05, 3.63) is 12.2 Å². The van der Waals surface area contributed by atoms with Gasteiger partial charge in [0.25, 0.3) is 6.08 Å². The molecule has 0 radical (unpaired) electrons. The van der Waals surface area contributed by atoms with Crippen molar-refractivity contribution < 1.29 is 8.78 Å². The minimum Gasteiger partial charge on any atom is -0.174 e. The van der Waals surface area contributed by atoms with Gasteiger partial charge in [0.1, 0.15) is 0 Å². The van der Waals surface area contributed by atoms with Crippen LogP contribution in [0.4, 0.5) is 8.78 Å². The molecule has 0 nitrogen and oxygen atoms in total. The van der Waals surface area contributed by atoms with E-state index < -0.39 is 6.08 Å². The van der Waals surface area contributed by atoms with Crippen molar-refractivity contribution in [3.8, 4) is 0 Å². The van der Waals surface area contributed by atoms with E-state index in [9.17, 15) is 8.78 Å². The van der Waals surface area contributed by atoms with Gasteiger partial charge in [-0.15, -0.1) is 0 Å². The first kappa shape index (κ1) is 12.7. The summed E-state index contributed by atoms with van der Waals surface area (Å²) < 4.78 is 24.1. The summed E-state index contributed by atoms with van der Waals surface area (Å²) in [6, 6.07) is 0. The van der Waals surface area contributed by atoms with Gasteiger partial charge in [0, 0.05) is 0 Å². The Morgan fingerprint density at radius 3 is 2.33 bits per heavy atom. The fourth-order valence-corrected chi connectivity index (χ4v) is 2.50. The van der Waals surface area contributed by atoms with E-state index in [1.807, 2.05) is 0 Å². The molecule has 1 saturated carbocycles. The van der Waals surface area contributed by atoms with Crippen LogP contribution in [0.5, 0.6) is 0 Å². The lowest BCUT2D eigenvalue weighted by atomic mass is 9.80. The first-order valence-corrected chi connectivity index (χ1v) is 6.25. The molecule has 0 saturated heterocycles. The number of halogens is 2. The third-order valence-electron chi connectivity index (χ3n) is 3.47. The first-order chi connectivity index (χ1) is 7.22. The van der Waals surface area contributed by atoms with Gasteiger partial charge < -0.3 is 0 Å². The maximum absolute atomic E-state index is 12.0. The Morgan fingerprint density at radius 1 is 1.13 bits per heavy atom. The van der Waals surface area contributed by atoms with Gasteiger partial charge in [-0.05, 0) is 43.6 Å². The molecule has 1 aliphatic carbocycles. The van der Waals surface area contributed by atoms with Gasteiger partial charge in [-0.1, -0.05) is 32.6 Å². The van der Waals surface area contributed by atoms with E-state index in [1.165, 1.54) is 25.7 Å². The molecule has 1 fully saturated rings. The van der Waals surface area contributed by atoms with Crippen LogP contribution in [0.3, 0.4) is 0 Å². The lowest BCUT2D eigenvalue weighted by molar-refractivity contribution is 0.282. The second-order valence-corrected chi connectivity index (χ2v) is 4.73. The number of hydrogen-bond donors (Lipinski definition) is 0. The Hall–Kier alpha value is -0.400. The van der Waals surface area contributed by atoms with Crippen molar-refractivity contribution in [2.45, 2.75) is 58.3 Å². The van der Waals surface area contributed by atoms with E-state index in [0.717, 1.165) is 37.7 Å². The lowest BCUT2D eigenvalue weighted by Crippen LogP contribution is -2.13. The Balaban J connectivity index is 2.15. The van der Waals surface area contributed by atoms with Crippen molar-refractivity contribution in [1.29, 1.82) is 0 Å². The predicted octanol–water partition coefficient (Wildman–Crippen LogP) is 5.15. The SMILES string of the molecule is CCCCC[C@H]1CC[C@H](C=C(F)F)CC1. The van der Waals surface area contributed by atoms with Crippen LogP contribution in [0, 0.1) is 11.8 Å². The Labute approximate surface area is 91.8 Å². The topological polar surface area (TPSA) is 0 Å². The molecule has 1 rings (SSSR count). The number of unbranched alkanes of at least 4 members (excludes halogenated alkanes) is 2. The molecule has 0 aromatic rings. The fraction of sp³-hybridized carbons (Fsp3) is 0.846. The van der Waals surface area contributed by atoms with Gasteiger partial charge in [0.2, 0.25) is 0 Å². The maximum Gasteiger partial charge on any atom is 0.266 e. The summed E-state index contributed by atoms with van der Waals surface area (Å²) >= 11 is 0. The molecule has 0 atom stereocenters. The van der Waals surface area contributed by atoms with Gasteiger partial charge >= 0.3 is 0 Å². The fourth-order valence-electron chi connectivity index (χ4n) is 2.50. The Morgan fingerprint density at radius 2 is 1.80 bits per heavy atom. The zero-order chi connectivity index (χ0) is 11.1. The largest absolute Gasteiger partial charge is 0.266 e. The van der Waals surface area contributed by atoms with Crippen molar-refractivity contribution in [1.82, 2.24) is 0 Å². The number of allylic oxidation sites excluding steroid dienone is 1. The maximum atomic E-state index is 12.0. The molecule has 2 heteroatoms. The van der Waals surface area contributed by atoms with E-state index in [2.05, 4.69) is 6.92 Å². The van der Waals surface area contributed by atoms with Crippen LogP contribution in [0.25, 0.3) is 0 Å². The molecule has 15 heavy (non-hydrogen) atoms. The van der Waals surface area contributed by atoms with E-state index >= 15 is 0 Å². The van der Waals surface area contributed by atoms with Gasteiger partial charge in [0.15, 0.2) is 0 Å². The highest BCUT2D eigenvalue weighted by molar-refractivity contribution is 4.90. The lowest BCUT2D eigenvalue weighted by Gasteiger charge is -2.26. The Kier molecular flexibility index (Phi) is 5.89. The summed E-state index contributed by atoms with van der Waals surface area (Å²) in [6.07, 6.45) is 9.11. The third kappa shape index (κ3) is 5.29. The summed E-state index contributed by atoms with van der Waals surface area (Å²) in [5.41, 5.74) is 0. The highest BCUT2D eigenvalue weighted by Crippen LogP contribution is 2.33. The van der Waals surface area contributed by atoms with Crippen LogP contribution < -0.4 is 0 Å². The molecule has 0 aliphatic heterocycles. The van der Waals surface area contributed by atoms with Crippen LogP contribution in [0.1, 0.15) is 58.3 Å². The highest BCUT2D eigenvalue weighted by Gasteiger charge is 2.19. The van der Waals surface area contributed by atoms with Crippen LogP contribution in [0.15, 0.2) is 12.2 Å². The standard InChI is InChI=1S/C13H22F2/c1-2-3-4-5-11-6-8-12(9-7-11)10-13(14)15/h10-12H,2-9H2,1H3/t11-,12-. The van der Waals surface area contributed by atoms with E-state index in [4.69, 9.17) is 0 Å². The average molecular weight is 216 g/mol. The molecule has 0 spiro atoms. The molecule has 0 N–H and O–H groups in total. The van der Waals surface area contributed by atoms with E-state index in [0.29, 0.717) is 0 Å². The smallest absolute Gasteiger partial charge is 0.174 e. The van der Waals surface area contributed by atoms with Crippen molar-refractivity contribution >= 4 is 0 Å². The zero-order valence-electron chi connectivity index (χ0n) is 9.64. The second-order valence-electron chi connectivity index (χ2n) is 4.73. The van der Waals surface area contributed by atoms with E-state index in [-0.39, 0.29) is 5.92 Å². The average Bonchev–Trinajstić information content (AvgIpc) is 2.20. The van der Waals surface area contributed by atoms with Crippen LogP contribution >= 0.6 is 0 Å². The summed E-state index contributed by atoms with van der Waals surface area (Å²) in [6.45, 7) is 2.21. The highest BCUT2D eigenvalue weighted by atomic mass is 19.3. The van der Waals surface area contributed by atoms with E-state index in [1.54, 1.807) is 0 Å². The molecule has 1 aliphatic rings. The van der Waals surface area contributed by atoms with Crippen molar-refractivity contribution in [2.24, 2.45) is 11.8 Å². The molecule has 0 bridgehead atoms. The van der Waals surface area contributed by atoms with Gasteiger partial charge in [0.05, 0.1) is 0 Å². The van der Waals surface area contributed by atoms with Crippen molar-refractivity contribution in [3.63, 3.8) is 0 Å². The molecular formula is C13H22F2. The molecule has 88 valence electrons. The molecule has 0 unspecified atom stereocenters. The van der Waals surface area contributed by atoms with Gasteiger partial charge in [-0.3, -0.25) is 0 Å². The van der Waals surface area contributed by atoms with Gasteiger partial charge in [-0.25, -0.2) is 0 Å². The number of rotatable bonds is 5. The van der Waals surface area contributed by atoms with Gasteiger partial charge in [-0.2, -0.15) is 8.78 Å². The summed E-state index contributed by atoms with van der Waals surface area (Å²) in [4.78, 5) is 0. The minimum absolute atomic E-state index is 0.150. The summed E-state index contributed by atoms with van der Waals surface area (Å²) in [5, 5.41) is 0.